The summed E-state index contributed by atoms with van der Waals surface area (Å²) >= 11 is 0. The molecule has 128 valence electrons. The lowest BCUT2D eigenvalue weighted by molar-refractivity contribution is 0.165. The summed E-state index contributed by atoms with van der Waals surface area (Å²) in [5.41, 5.74) is 0. The van der Waals surface area contributed by atoms with Crippen LogP contribution in [0.3, 0.4) is 0 Å². The van der Waals surface area contributed by atoms with Crippen LogP contribution in [0.15, 0.2) is 24.3 Å². The third-order valence-electron chi connectivity index (χ3n) is 3.84. The fourth-order valence-corrected chi connectivity index (χ4v) is 2.65. The van der Waals surface area contributed by atoms with Gasteiger partial charge in [0.25, 0.3) is 0 Å². The van der Waals surface area contributed by atoms with Crippen LogP contribution in [0.5, 0.6) is 5.75 Å². The van der Waals surface area contributed by atoms with Crippen LogP contribution in [0.2, 0.25) is 0 Å². The summed E-state index contributed by atoms with van der Waals surface area (Å²) in [7, 11) is 1.67. The van der Waals surface area contributed by atoms with Gasteiger partial charge >= 0.3 is 6.03 Å². The number of nitrogens with one attached hydrogen (secondary N) is 1. The van der Waals surface area contributed by atoms with Gasteiger partial charge in [-0.2, -0.15) is 4.80 Å². The normalized spacial score (nSPS) is 17.1. The van der Waals surface area contributed by atoms with E-state index >= 15 is 0 Å². The van der Waals surface area contributed by atoms with Crippen molar-refractivity contribution in [1.29, 1.82) is 0 Å². The number of halogens is 1. The van der Waals surface area contributed by atoms with Crippen molar-refractivity contribution in [2.45, 2.75) is 25.4 Å². The first-order chi connectivity index (χ1) is 11.6. The number of ether oxygens (including phenoxy) is 1. The van der Waals surface area contributed by atoms with Gasteiger partial charge in [0.2, 0.25) is 0 Å². The summed E-state index contributed by atoms with van der Waals surface area (Å²) in [5.74, 6) is 0.749. The second kappa shape index (κ2) is 7.24. The molecular weight excluding hydrogens is 315 g/mol. The molecule has 1 fully saturated rings. The molecular formula is C15H19FN6O2. The number of tetrazole rings is 1. The van der Waals surface area contributed by atoms with Gasteiger partial charge in [-0.15, -0.1) is 10.2 Å². The van der Waals surface area contributed by atoms with Crippen LogP contribution in [0.4, 0.5) is 9.18 Å². The van der Waals surface area contributed by atoms with Crippen molar-refractivity contribution in [3.63, 3.8) is 0 Å². The molecule has 0 aliphatic carbocycles. The van der Waals surface area contributed by atoms with Crippen LogP contribution in [0, 0.1) is 5.82 Å². The van der Waals surface area contributed by atoms with Crippen molar-refractivity contribution in [3.05, 3.63) is 35.9 Å². The van der Waals surface area contributed by atoms with E-state index < -0.39 is 0 Å². The summed E-state index contributed by atoms with van der Waals surface area (Å²) < 4.78 is 18.6. The highest BCUT2D eigenvalue weighted by molar-refractivity contribution is 5.74. The number of hydrogen-bond donors (Lipinski definition) is 1. The second-order valence-corrected chi connectivity index (χ2v) is 5.61. The van der Waals surface area contributed by atoms with Crippen LogP contribution >= 0.6 is 0 Å². The summed E-state index contributed by atoms with van der Waals surface area (Å²) in [4.78, 5) is 15.4. The number of rotatable bonds is 5. The average molecular weight is 334 g/mol. The molecule has 0 radical (unpaired) electrons. The molecule has 1 aromatic carbocycles. The van der Waals surface area contributed by atoms with Gasteiger partial charge in [0.1, 0.15) is 18.2 Å². The smallest absolute Gasteiger partial charge is 0.318 e. The zero-order chi connectivity index (χ0) is 16.9. The van der Waals surface area contributed by atoms with E-state index in [4.69, 9.17) is 4.74 Å². The lowest BCUT2D eigenvalue weighted by Gasteiger charge is -2.24. The van der Waals surface area contributed by atoms with E-state index in [1.807, 2.05) is 0 Å². The number of carbonyl (C=O) groups is 1. The average Bonchev–Trinajstić information content (AvgIpc) is 3.21. The Morgan fingerprint density at radius 1 is 1.42 bits per heavy atom. The zero-order valence-electron chi connectivity index (χ0n) is 13.4. The Kier molecular flexibility index (Phi) is 4.88. The number of nitrogens with zero attached hydrogens (tertiary/aromatic N) is 5. The maximum absolute atomic E-state index is 12.9. The lowest BCUT2D eigenvalue weighted by atomic mass is 10.2. The molecule has 0 unspecified atom stereocenters. The monoisotopic (exact) mass is 334 g/mol. The van der Waals surface area contributed by atoms with E-state index in [0.29, 0.717) is 24.7 Å². The standard InChI is InChI=1S/C15H19FN6O2/c1-21-19-14(18-20-21)9-17-15(23)22-8-2-3-12(22)10-24-13-6-4-11(16)5-7-13/h4-7,12H,2-3,8-10H2,1H3,(H,17,23)/t12-/m0/s1. The second-order valence-electron chi connectivity index (χ2n) is 5.61. The first-order valence-electron chi connectivity index (χ1n) is 7.77. The van der Waals surface area contributed by atoms with Gasteiger partial charge in [0.05, 0.1) is 19.6 Å². The molecule has 1 aliphatic heterocycles. The number of amides is 2. The molecule has 0 saturated carbocycles. The molecule has 8 nitrogen and oxygen atoms in total. The summed E-state index contributed by atoms with van der Waals surface area (Å²) in [5, 5.41) is 14.4. The fraction of sp³-hybridized carbons (Fsp3) is 0.467. The molecule has 1 aromatic heterocycles. The number of carbonyl (C=O) groups excluding carboxylic acids is 1. The van der Waals surface area contributed by atoms with Crippen molar-refractivity contribution in [1.82, 2.24) is 30.4 Å². The van der Waals surface area contributed by atoms with Gasteiger partial charge in [-0.1, -0.05) is 0 Å². The maximum Gasteiger partial charge on any atom is 0.318 e. The number of aromatic nitrogens is 4. The first kappa shape index (κ1) is 16.2. The highest BCUT2D eigenvalue weighted by Gasteiger charge is 2.29. The Morgan fingerprint density at radius 3 is 2.92 bits per heavy atom. The van der Waals surface area contributed by atoms with Gasteiger partial charge < -0.3 is 15.0 Å². The van der Waals surface area contributed by atoms with E-state index in [9.17, 15) is 9.18 Å². The third-order valence-corrected chi connectivity index (χ3v) is 3.84. The SMILES string of the molecule is Cn1nnc(CNC(=O)N2CCC[C@H]2COc2ccc(F)cc2)n1. The molecule has 1 saturated heterocycles. The first-order valence-corrected chi connectivity index (χ1v) is 7.77. The Morgan fingerprint density at radius 2 is 2.21 bits per heavy atom. The molecule has 2 amide bonds. The van der Waals surface area contributed by atoms with Crippen molar-refractivity contribution >= 4 is 6.03 Å². The topological polar surface area (TPSA) is 85.2 Å². The van der Waals surface area contributed by atoms with Crippen LogP contribution in [-0.4, -0.2) is 50.3 Å². The molecule has 9 heteroatoms. The van der Waals surface area contributed by atoms with Crippen molar-refractivity contribution in [3.8, 4) is 5.75 Å². The molecule has 0 spiro atoms. The molecule has 0 bridgehead atoms. The largest absolute Gasteiger partial charge is 0.491 e. The van der Waals surface area contributed by atoms with Gasteiger partial charge in [-0.3, -0.25) is 0 Å². The highest BCUT2D eigenvalue weighted by Crippen LogP contribution is 2.19. The maximum atomic E-state index is 12.9. The van der Waals surface area contributed by atoms with Gasteiger partial charge in [-0.05, 0) is 42.3 Å². The Labute approximate surface area is 138 Å². The number of hydrogen-bond acceptors (Lipinski definition) is 5. The minimum atomic E-state index is -0.304. The summed E-state index contributed by atoms with van der Waals surface area (Å²) in [6.45, 7) is 1.29. The van der Waals surface area contributed by atoms with E-state index in [1.54, 1.807) is 24.1 Å². The van der Waals surface area contributed by atoms with Crippen LogP contribution < -0.4 is 10.1 Å². The Bertz CT molecular complexity index is 690. The van der Waals surface area contributed by atoms with E-state index in [-0.39, 0.29) is 24.4 Å². The minimum Gasteiger partial charge on any atom is -0.491 e. The van der Waals surface area contributed by atoms with Gasteiger partial charge in [-0.25, -0.2) is 9.18 Å². The van der Waals surface area contributed by atoms with Crippen molar-refractivity contribution in [2.75, 3.05) is 13.2 Å². The zero-order valence-corrected chi connectivity index (χ0v) is 13.4. The third kappa shape index (κ3) is 3.98. The van der Waals surface area contributed by atoms with Crippen molar-refractivity contribution < 1.29 is 13.9 Å². The Balaban J connectivity index is 1.50. The molecule has 3 rings (SSSR count). The number of urea groups is 1. The lowest BCUT2D eigenvalue weighted by Crippen LogP contribution is -2.44. The van der Waals surface area contributed by atoms with Crippen LogP contribution in [-0.2, 0) is 13.6 Å². The van der Waals surface area contributed by atoms with Crippen LogP contribution in [0.1, 0.15) is 18.7 Å². The molecule has 1 aliphatic rings. The van der Waals surface area contributed by atoms with Crippen LogP contribution in [0.25, 0.3) is 0 Å². The van der Waals surface area contributed by atoms with Crippen molar-refractivity contribution in [2.24, 2.45) is 7.05 Å². The fourth-order valence-electron chi connectivity index (χ4n) is 2.65. The number of benzene rings is 1. The number of aryl methyl sites for hydroxylation is 1. The number of likely N-dealkylation sites (tertiary alicyclic amines) is 1. The summed E-state index contributed by atoms with van der Waals surface area (Å²) in [6, 6.07) is 5.67. The molecule has 2 aromatic rings. The highest BCUT2D eigenvalue weighted by atomic mass is 19.1. The minimum absolute atomic E-state index is 0.00938. The van der Waals surface area contributed by atoms with Gasteiger partial charge in [0, 0.05) is 6.54 Å². The van der Waals surface area contributed by atoms with E-state index in [1.165, 1.54) is 16.9 Å². The molecule has 1 atom stereocenters. The summed E-state index contributed by atoms with van der Waals surface area (Å²) in [6.07, 6.45) is 1.80. The van der Waals surface area contributed by atoms with Gasteiger partial charge in [0.15, 0.2) is 5.82 Å². The predicted octanol–water partition coefficient (Wildman–Crippen LogP) is 1.10. The van der Waals surface area contributed by atoms with E-state index in [0.717, 1.165) is 12.8 Å². The molecule has 1 N–H and O–H groups in total. The molecule has 24 heavy (non-hydrogen) atoms. The van der Waals surface area contributed by atoms with E-state index in [2.05, 4.69) is 20.7 Å². The molecule has 2 heterocycles. The Hall–Kier alpha value is -2.71. The quantitative estimate of drug-likeness (QED) is 0.885. The predicted molar refractivity (Wildman–Crippen MR) is 82.7 cm³/mol.